The van der Waals surface area contributed by atoms with E-state index < -0.39 is 5.97 Å². The molecule has 1 atom stereocenters. The van der Waals surface area contributed by atoms with E-state index in [1.54, 1.807) is 11.3 Å². The van der Waals surface area contributed by atoms with Crippen molar-refractivity contribution in [2.45, 2.75) is 32.7 Å². The Kier molecular flexibility index (Phi) is 5.39. The minimum absolute atomic E-state index is 0.208. The number of aryl methyl sites for hydroxylation is 1. The molecule has 0 saturated carbocycles. The summed E-state index contributed by atoms with van der Waals surface area (Å²) in [6.07, 6.45) is 0.860. The summed E-state index contributed by atoms with van der Waals surface area (Å²) < 4.78 is 0. The number of nitrogens with zero attached hydrogens (tertiary/aromatic N) is 1. The van der Waals surface area contributed by atoms with Crippen molar-refractivity contribution in [1.29, 1.82) is 0 Å². The first-order valence-electron chi connectivity index (χ1n) is 7.17. The lowest BCUT2D eigenvalue weighted by Gasteiger charge is -2.31. The van der Waals surface area contributed by atoms with Crippen LogP contribution in [0.1, 0.15) is 35.6 Å². The lowest BCUT2D eigenvalue weighted by Crippen LogP contribution is -2.27. The first-order valence-corrected chi connectivity index (χ1v) is 7.99. The quantitative estimate of drug-likeness (QED) is 0.819. The highest BCUT2D eigenvalue weighted by Crippen LogP contribution is 2.31. The number of aliphatic carboxylic acids is 1. The van der Waals surface area contributed by atoms with Crippen LogP contribution in [0.2, 0.25) is 0 Å². The molecule has 4 heteroatoms. The van der Waals surface area contributed by atoms with E-state index in [4.69, 9.17) is 5.11 Å². The van der Waals surface area contributed by atoms with Crippen LogP contribution in [0.5, 0.6) is 0 Å². The molecule has 0 bridgehead atoms. The highest BCUT2D eigenvalue weighted by atomic mass is 32.1. The smallest absolute Gasteiger partial charge is 0.303 e. The van der Waals surface area contributed by atoms with E-state index in [0.717, 1.165) is 12.2 Å². The van der Waals surface area contributed by atoms with Gasteiger partial charge in [0.25, 0.3) is 0 Å². The van der Waals surface area contributed by atoms with Crippen LogP contribution in [0.4, 0.5) is 5.69 Å². The van der Waals surface area contributed by atoms with Gasteiger partial charge in [0.1, 0.15) is 0 Å². The Hall–Kier alpha value is -1.81. The highest BCUT2D eigenvalue weighted by Gasteiger charge is 2.17. The maximum absolute atomic E-state index is 10.7. The topological polar surface area (TPSA) is 40.5 Å². The highest BCUT2D eigenvalue weighted by molar-refractivity contribution is 7.12. The molecule has 3 nitrogen and oxygen atoms in total. The van der Waals surface area contributed by atoms with Crippen molar-refractivity contribution in [1.82, 2.24) is 0 Å². The first kappa shape index (κ1) is 15.6. The molecule has 0 aliphatic heterocycles. The number of hydrogen-bond donors (Lipinski definition) is 1. The van der Waals surface area contributed by atoms with Crippen molar-refractivity contribution in [3.05, 3.63) is 52.2 Å². The standard InChI is InChI=1S/C17H21NO2S/c1-13-10-11-16(21-13)14(2)18(12-6-9-17(19)20)15-7-4-3-5-8-15/h3-5,7-8,10-11,14H,6,9,12H2,1-2H3,(H,19,20). The minimum atomic E-state index is -0.734. The summed E-state index contributed by atoms with van der Waals surface area (Å²) in [6, 6.07) is 14.8. The Morgan fingerprint density at radius 3 is 2.52 bits per heavy atom. The van der Waals surface area contributed by atoms with E-state index in [1.807, 2.05) is 18.2 Å². The van der Waals surface area contributed by atoms with E-state index in [1.165, 1.54) is 9.75 Å². The average Bonchev–Trinajstić information content (AvgIpc) is 2.90. The zero-order chi connectivity index (χ0) is 15.2. The Morgan fingerprint density at radius 1 is 1.24 bits per heavy atom. The molecule has 0 amide bonds. The molecule has 1 N–H and O–H groups in total. The maximum Gasteiger partial charge on any atom is 0.303 e. The molecule has 1 aromatic heterocycles. The molecule has 1 unspecified atom stereocenters. The number of carbonyl (C=O) groups is 1. The van der Waals surface area contributed by atoms with Crippen LogP contribution in [0.3, 0.4) is 0 Å². The molecule has 21 heavy (non-hydrogen) atoms. The summed E-state index contributed by atoms with van der Waals surface area (Å²) in [6.45, 7) is 5.03. The second kappa shape index (κ2) is 7.27. The lowest BCUT2D eigenvalue weighted by molar-refractivity contribution is -0.137. The van der Waals surface area contributed by atoms with Gasteiger partial charge in [-0.25, -0.2) is 0 Å². The predicted molar refractivity (Wildman–Crippen MR) is 88.1 cm³/mol. The van der Waals surface area contributed by atoms with Gasteiger partial charge in [-0.05, 0) is 44.5 Å². The van der Waals surface area contributed by atoms with Crippen LogP contribution in [0.25, 0.3) is 0 Å². The van der Waals surface area contributed by atoms with Crippen LogP contribution < -0.4 is 4.90 Å². The second-order valence-corrected chi connectivity index (χ2v) is 6.47. The molecule has 2 aromatic rings. The largest absolute Gasteiger partial charge is 0.481 e. The summed E-state index contributed by atoms with van der Waals surface area (Å²) >= 11 is 1.80. The first-order chi connectivity index (χ1) is 10.1. The third-order valence-corrected chi connectivity index (χ3v) is 4.69. The van der Waals surface area contributed by atoms with Crippen molar-refractivity contribution in [3.8, 4) is 0 Å². The normalized spacial score (nSPS) is 12.1. The molecule has 0 spiro atoms. The average molecular weight is 303 g/mol. The molecule has 112 valence electrons. The summed E-state index contributed by atoms with van der Waals surface area (Å²) in [7, 11) is 0. The SMILES string of the molecule is Cc1ccc(C(C)N(CCCC(=O)O)c2ccccc2)s1. The van der Waals surface area contributed by atoms with Crippen molar-refractivity contribution in [2.24, 2.45) is 0 Å². The fourth-order valence-electron chi connectivity index (χ4n) is 2.40. The molecular weight excluding hydrogens is 282 g/mol. The molecule has 0 saturated heterocycles. The van der Waals surface area contributed by atoms with E-state index >= 15 is 0 Å². The predicted octanol–water partition coefficient (Wildman–Crippen LogP) is 4.49. The van der Waals surface area contributed by atoms with Gasteiger partial charge in [-0.1, -0.05) is 18.2 Å². The molecule has 1 heterocycles. The fraction of sp³-hybridized carbons (Fsp3) is 0.353. The van der Waals surface area contributed by atoms with Crippen LogP contribution in [-0.2, 0) is 4.79 Å². The number of hydrogen-bond acceptors (Lipinski definition) is 3. The third-order valence-electron chi connectivity index (χ3n) is 3.52. The van der Waals surface area contributed by atoms with Gasteiger partial charge >= 0.3 is 5.97 Å². The minimum Gasteiger partial charge on any atom is -0.481 e. The second-order valence-electron chi connectivity index (χ2n) is 5.15. The fourth-order valence-corrected chi connectivity index (χ4v) is 3.34. The van der Waals surface area contributed by atoms with Gasteiger partial charge in [0, 0.05) is 28.4 Å². The molecule has 0 radical (unpaired) electrons. The van der Waals surface area contributed by atoms with E-state index in [0.29, 0.717) is 6.42 Å². The van der Waals surface area contributed by atoms with Gasteiger partial charge in [0.15, 0.2) is 0 Å². The molecule has 0 aliphatic carbocycles. The molecule has 0 fully saturated rings. The van der Waals surface area contributed by atoms with Gasteiger partial charge in [-0.15, -0.1) is 11.3 Å². The summed E-state index contributed by atoms with van der Waals surface area (Å²) in [5.41, 5.74) is 1.14. The zero-order valence-electron chi connectivity index (χ0n) is 12.5. The van der Waals surface area contributed by atoms with Crippen LogP contribution in [-0.4, -0.2) is 17.6 Å². The molecular formula is C17H21NO2S. The number of rotatable bonds is 7. The summed E-state index contributed by atoms with van der Waals surface area (Å²) in [5, 5.41) is 8.84. The number of carboxylic acid groups (broad SMARTS) is 1. The van der Waals surface area contributed by atoms with Crippen molar-refractivity contribution in [2.75, 3.05) is 11.4 Å². The molecule has 1 aromatic carbocycles. The number of anilines is 1. The Balaban J connectivity index is 2.16. The van der Waals surface area contributed by atoms with E-state index in [2.05, 4.69) is 43.0 Å². The van der Waals surface area contributed by atoms with Crippen LogP contribution >= 0.6 is 11.3 Å². The number of para-hydroxylation sites is 1. The summed E-state index contributed by atoms with van der Waals surface area (Å²) in [5.74, 6) is -0.734. The monoisotopic (exact) mass is 303 g/mol. The van der Waals surface area contributed by atoms with Crippen LogP contribution in [0, 0.1) is 6.92 Å². The van der Waals surface area contributed by atoms with Gasteiger partial charge in [-0.2, -0.15) is 0 Å². The number of benzene rings is 1. The van der Waals surface area contributed by atoms with Gasteiger partial charge in [0.2, 0.25) is 0 Å². The Labute approximate surface area is 129 Å². The van der Waals surface area contributed by atoms with Crippen molar-refractivity contribution < 1.29 is 9.90 Å². The summed E-state index contributed by atoms with van der Waals surface area (Å²) in [4.78, 5) is 15.6. The molecule has 2 rings (SSSR count). The van der Waals surface area contributed by atoms with E-state index in [9.17, 15) is 4.79 Å². The Bertz CT molecular complexity index is 579. The molecule has 0 aliphatic rings. The third kappa shape index (κ3) is 4.33. The van der Waals surface area contributed by atoms with Gasteiger partial charge < -0.3 is 10.0 Å². The lowest BCUT2D eigenvalue weighted by atomic mass is 10.1. The number of carboxylic acids is 1. The maximum atomic E-state index is 10.7. The van der Waals surface area contributed by atoms with Gasteiger partial charge in [0.05, 0.1) is 6.04 Å². The number of thiophene rings is 1. The van der Waals surface area contributed by atoms with Crippen molar-refractivity contribution >= 4 is 23.0 Å². The van der Waals surface area contributed by atoms with Gasteiger partial charge in [-0.3, -0.25) is 4.79 Å². The zero-order valence-corrected chi connectivity index (χ0v) is 13.3. The van der Waals surface area contributed by atoms with Crippen molar-refractivity contribution in [3.63, 3.8) is 0 Å². The van der Waals surface area contributed by atoms with E-state index in [-0.39, 0.29) is 12.5 Å². The Morgan fingerprint density at radius 2 is 1.95 bits per heavy atom. The van der Waals surface area contributed by atoms with Crippen LogP contribution in [0.15, 0.2) is 42.5 Å².